The fourth-order valence-electron chi connectivity index (χ4n) is 2.99. The number of allylic oxidation sites excluding steroid dienone is 1. The molecule has 0 unspecified atom stereocenters. The Morgan fingerprint density at radius 3 is 2.63 bits per heavy atom. The van der Waals surface area contributed by atoms with Crippen molar-refractivity contribution in [2.24, 2.45) is 0 Å². The van der Waals surface area contributed by atoms with Crippen LogP contribution in [-0.2, 0) is 0 Å². The smallest absolute Gasteiger partial charge is 0.270 e. The molecular formula is C21H17N3O3. The van der Waals surface area contributed by atoms with Gasteiger partial charge < -0.3 is 4.57 Å². The summed E-state index contributed by atoms with van der Waals surface area (Å²) in [7, 11) is 0. The van der Waals surface area contributed by atoms with E-state index in [0.717, 1.165) is 16.5 Å². The standard InChI is InChI=1S/C21H17N3O3/c1-14(2)23-13-17(19-8-3-4-9-20(19)23)10-16(12-22)21(25)15-6-5-7-18(11-15)24(26)27/h3-11,13-14H,1-2H3. The number of fused-ring (bicyclic) bond motifs is 1. The molecule has 0 atom stereocenters. The van der Waals surface area contributed by atoms with Crippen LogP contribution >= 0.6 is 0 Å². The number of nitro groups is 1. The quantitative estimate of drug-likeness (QED) is 0.213. The molecule has 0 aliphatic carbocycles. The Morgan fingerprint density at radius 2 is 1.96 bits per heavy atom. The molecule has 134 valence electrons. The normalized spacial score (nSPS) is 11.6. The second kappa shape index (κ2) is 7.26. The fourth-order valence-corrected chi connectivity index (χ4v) is 2.99. The Balaban J connectivity index is 2.09. The Kier molecular flexibility index (Phi) is 4.86. The molecule has 0 N–H and O–H groups in total. The van der Waals surface area contributed by atoms with E-state index in [1.807, 2.05) is 36.5 Å². The maximum Gasteiger partial charge on any atom is 0.270 e. The Bertz CT molecular complexity index is 1120. The first kappa shape index (κ1) is 18.1. The van der Waals surface area contributed by atoms with Crippen LogP contribution in [0, 0.1) is 21.4 Å². The predicted octanol–water partition coefficient (Wildman–Crippen LogP) is 4.92. The lowest BCUT2D eigenvalue weighted by Gasteiger charge is -2.08. The molecule has 0 aliphatic rings. The van der Waals surface area contributed by atoms with Crippen LogP contribution in [0.15, 0.2) is 60.3 Å². The minimum absolute atomic E-state index is 0.0674. The third-order valence-corrected chi connectivity index (χ3v) is 4.31. The summed E-state index contributed by atoms with van der Waals surface area (Å²) >= 11 is 0. The molecule has 1 heterocycles. The Morgan fingerprint density at radius 1 is 1.22 bits per heavy atom. The topological polar surface area (TPSA) is 88.9 Å². The van der Waals surface area contributed by atoms with E-state index in [0.29, 0.717) is 0 Å². The highest BCUT2D eigenvalue weighted by atomic mass is 16.6. The third-order valence-electron chi connectivity index (χ3n) is 4.31. The summed E-state index contributed by atoms with van der Waals surface area (Å²) in [5, 5.41) is 21.4. The second-order valence-corrected chi connectivity index (χ2v) is 6.41. The van der Waals surface area contributed by atoms with Crippen LogP contribution in [0.4, 0.5) is 5.69 Å². The van der Waals surface area contributed by atoms with E-state index in [2.05, 4.69) is 18.4 Å². The van der Waals surface area contributed by atoms with E-state index in [9.17, 15) is 20.2 Å². The van der Waals surface area contributed by atoms with Crippen LogP contribution < -0.4 is 0 Å². The molecule has 0 amide bonds. The molecular weight excluding hydrogens is 342 g/mol. The van der Waals surface area contributed by atoms with Gasteiger partial charge in [0.1, 0.15) is 11.6 Å². The molecule has 2 aromatic carbocycles. The number of carbonyl (C=O) groups excluding carboxylic acids is 1. The van der Waals surface area contributed by atoms with Gasteiger partial charge in [0.15, 0.2) is 0 Å². The van der Waals surface area contributed by atoms with Gasteiger partial charge in [-0.05, 0) is 26.0 Å². The van der Waals surface area contributed by atoms with Gasteiger partial charge in [-0.15, -0.1) is 0 Å². The molecule has 0 saturated carbocycles. The first-order valence-electron chi connectivity index (χ1n) is 8.43. The third kappa shape index (κ3) is 3.48. The Labute approximate surface area is 156 Å². The van der Waals surface area contributed by atoms with Gasteiger partial charge in [-0.2, -0.15) is 5.26 Å². The second-order valence-electron chi connectivity index (χ2n) is 6.41. The number of rotatable bonds is 5. The number of non-ortho nitro benzene ring substituents is 1. The van der Waals surface area contributed by atoms with Crippen molar-refractivity contribution in [2.45, 2.75) is 19.9 Å². The summed E-state index contributed by atoms with van der Waals surface area (Å²) in [6.45, 7) is 4.11. The summed E-state index contributed by atoms with van der Waals surface area (Å²) in [6, 6.07) is 15.3. The van der Waals surface area contributed by atoms with Crippen molar-refractivity contribution in [3.63, 3.8) is 0 Å². The lowest BCUT2D eigenvalue weighted by molar-refractivity contribution is -0.384. The molecule has 3 aromatic rings. The van der Waals surface area contributed by atoms with E-state index in [1.165, 1.54) is 24.3 Å². The van der Waals surface area contributed by atoms with Crippen LogP contribution in [-0.4, -0.2) is 15.3 Å². The monoisotopic (exact) mass is 359 g/mol. The van der Waals surface area contributed by atoms with Crippen molar-refractivity contribution in [3.8, 4) is 6.07 Å². The highest BCUT2D eigenvalue weighted by molar-refractivity contribution is 6.15. The number of benzene rings is 2. The fraction of sp³-hybridized carbons (Fsp3) is 0.143. The van der Waals surface area contributed by atoms with Crippen LogP contribution in [0.5, 0.6) is 0 Å². The summed E-state index contributed by atoms with van der Waals surface area (Å²) in [5.74, 6) is -0.539. The largest absolute Gasteiger partial charge is 0.344 e. The zero-order valence-electron chi connectivity index (χ0n) is 14.9. The molecule has 6 nitrogen and oxygen atoms in total. The highest BCUT2D eigenvalue weighted by Gasteiger charge is 2.17. The lowest BCUT2D eigenvalue weighted by atomic mass is 10.0. The molecule has 3 rings (SSSR count). The SMILES string of the molecule is CC(C)n1cc(C=C(C#N)C(=O)c2cccc([N+](=O)[O-])c2)c2ccccc21. The van der Waals surface area contributed by atoms with Gasteiger partial charge in [0.05, 0.1) is 4.92 Å². The van der Waals surface area contributed by atoms with Gasteiger partial charge in [0.2, 0.25) is 5.78 Å². The molecule has 0 spiro atoms. The summed E-state index contributed by atoms with van der Waals surface area (Å²) < 4.78 is 2.08. The van der Waals surface area contributed by atoms with Gasteiger partial charge in [-0.3, -0.25) is 14.9 Å². The van der Waals surface area contributed by atoms with E-state index >= 15 is 0 Å². The van der Waals surface area contributed by atoms with Crippen molar-refractivity contribution in [3.05, 3.63) is 81.5 Å². The van der Waals surface area contributed by atoms with Crippen molar-refractivity contribution in [2.75, 3.05) is 0 Å². The van der Waals surface area contributed by atoms with Crippen LogP contribution in [0.25, 0.3) is 17.0 Å². The zero-order chi connectivity index (χ0) is 19.6. The minimum atomic E-state index is -0.567. The van der Waals surface area contributed by atoms with Crippen molar-refractivity contribution in [1.29, 1.82) is 5.26 Å². The summed E-state index contributed by atoms with van der Waals surface area (Å²) in [6.07, 6.45) is 3.45. The maximum atomic E-state index is 12.7. The summed E-state index contributed by atoms with van der Waals surface area (Å²) in [4.78, 5) is 23.1. The van der Waals surface area contributed by atoms with Gasteiger partial charge in [0, 0.05) is 46.4 Å². The molecule has 0 bridgehead atoms. The number of hydrogen-bond acceptors (Lipinski definition) is 4. The number of aromatic nitrogens is 1. The number of Topliss-reactive ketones (excluding diaryl/α,β-unsaturated/α-hetero) is 1. The number of nitriles is 1. The molecule has 0 aliphatic heterocycles. The van der Waals surface area contributed by atoms with Gasteiger partial charge in [-0.1, -0.05) is 30.3 Å². The van der Waals surface area contributed by atoms with E-state index in [4.69, 9.17) is 0 Å². The number of nitro benzene ring substituents is 1. The van der Waals surface area contributed by atoms with E-state index in [1.54, 1.807) is 6.08 Å². The van der Waals surface area contributed by atoms with Gasteiger partial charge >= 0.3 is 0 Å². The number of para-hydroxylation sites is 1. The molecule has 0 fully saturated rings. The average Bonchev–Trinajstić information content (AvgIpc) is 3.04. The molecule has 0 saturated heterocycles. The van der Waals surface area contributed by atoms with Crippen molar-refractivity contribution < 1.29 is 9.72 Å². The number of ketones is 1. The predicted molar refractivity (Wildman–Crippen MR) is 103 cm³/mol. The molecule has 1 aromatic heterocycles. The van der Waals surface area contributed by atoms with Crippen LogP contribution in [0.2, 0.25) is 0 Å². The molecule has 6 heteroatoms. The number of hydrogen-bond donors (Lipinski definition) is 0. The zero-order valence-corrected chi connectivity index (χ0v) is 14.9. The first-order chi connectivity index (χ1) is 12.9. The minimum Gasteiger partial charge on any atom is -0.344 e. The van der Waals surface area contributed by atoms with Crippen LogP contribution in [0.3, 0.4) is 0 Å². The van der Waals surface area contributed by atoms with E-state index < -0.39 is 10.7 Å². The van der Waals surface area contributed by atoms with Crippen LogP contribution in [0.1, 0.15) is 35.8 Å². The average molecular weight is 359 g/mol. The highest BCUT2D eigenvalue weighted by Crippen LogP contribution is 2.27. The van der Waals surface area contributed by atoms with Gasteiger partial charge in [0.25, 0.3) is 5.69 Å². The first-order valence-corrected chi connectivity index (χ1v) is 8.43. The van der Waals surface area contributed by atoms with Crippen molar-refractivity contribution >= 4 is 28.4 Å². The summed E-state index contributed by atoms with van der Waals surface area (Å²) in [5.41, 5.74) is 1.63. The van der Waals surface area contributed by atoms with Crippen molar-refractivity contribution in [1.82, 2.24) is 4.57 Å². The number of carbonyl (C=O) groups is 1. The number of nitrogens with zero attached hydrogens (tertiary/aromatic N) is 3. The van der Waals surface area contributed by atoms with E-state index in [-0.39, 0.29) is 22.9 Å². The molecule has 0 radical (unpaired) electrons. The van der Waals surface area contributed by atoms with Gasteiger partial charge in [-0.25, -0.2) is 0 Å². The maximum absolute atomic E-state index is 12.7. The molecule has 27 heavy (non-hydrogen) atoms. The Hall–Kier alpha value is -3.72. The lowest BCUT2D eigenvalue weighted by Crippen LogP contribution is -2.02.